The van der Waals surface area contributed by atoms with Crippen LogP contribution in [0, 0.1) is 6.92 Å². The van der Waals surface area contributed by atoms with Crippen molar-refractivity contribution in [2.45, 2.75) is 17.9 Å². The number of oxazole rings is 1. The summed E-state index contributed by atoms with van der Waals surface area (Å²) in [5, 5.41) is 7.79. The molecule has 2 aromatic heterocycles. The van der Waals surface area contributed by atoms with Crippen LogP contribution in [0.1, 0.15) is 5.56 Å². The molecule has 0 aliphatic carbocycles. The topological polar surface area (TPSA) is 135 Å². The highest BCUT2D eigenvalue weighted by atomic mass is 32.2. The van der Waals surface area contributed by atoms with Gasteiger partial charge in [0.15, 0.2) is 10.7 Å². The lowest BCUT2D eigenvalue weighted by atomic mass is 10.2. The summed E-state index contributed by atoms with van der Waals surface area (Å²) >= 11 is 1.23. The van der Waals surface area contributed by atoms with Crippen LogP contribution in [0.3, 0.4) is 0 Å². The Morgan fingerprint density at radius 3 is 2.49 bits per heavy atom. The van der Waals surface area contributed by atoms with Crippen molar-refractivity contribution in [2.75, 3.05) is 24.3 Å². The average Bonchev–Trinajstić information content (AvgIpc) is 3.58. The fourth-order valence-electron chi connectivity index (χ4n) is 3.72. The first-order valence-corrected chi connectivity index (χ1v) is 14.3. The van der Waals surface area contributed by atoms with E-state index in [1.165, 1.54) is 23.5 Å². The Morgan fingerprint density at radius 2 is 1.77 bits per heavy atom. The largest absolute Gasteiger partial charge is 0.497 e. The molecule has 10 nitrogen and oxygen atoms in total. The van der Waals surface area contributed by atoms with Crippen LogP contribution in [0.2, 0.25) is 0 Å². The average molecular weight is 564 g/mol. The molecule has 0 aliphatic heterocycles. The van der Waals surface area contributed by atoms with Gasteiger partial charge in [0.05, 0.1) is 17.7 Å². The van der Waals surface area contributed by atoms with E-state index < -0.39 is 22.0 Å². The summed E-state index contributed by atoms with van der Waals surface area (Å²) in [4.78, 5) is 22.2. The predicted octanol–water partition coefficient (Wildman–Crippen LogP) is 4.67. The molecule has 0 saturated heterocycles. The number of anilines is 2. The van der Waals surface area contributed by atoms with E-state index >= 15 is 0 Å². The molecule has 0 saturated carbocycles. The number of carbonyl (C=O) groups is 1. The van der Waals surface area contributed by atoms with Gasteiger partial charge in [0.25, 0.3) is 6.01 Å². The molecule has 1 atom stereocenters. The van der Waals surface area contributed by atoms with Gasteiger partial charge in [-0.1, -0.05) is 29.8 Å². The standard InChI is InChI=1S/C27H25N5O5S2/c1-17-7-13-20(14-8-17)39(34,35)32-22(15-28-26-29-21-5-3-4-6-24(21)37-26)25(33)31-27-30-23(16-38-27)18-9-11-19(36-2)12-10-18/h3-14,16,22,32H,15H2,1-2H3,(H,28,29)(H,30,31,33)/t22-/m0/s1. The number of sulfonamides is 1. The Hall–Kier alpha value is -4.26. The Labute approximate surface area is 229 Å². The molecule has 0 radical (unpaired) electrons. The van der Waals surface area contributed by atoms with E-state index in [1.807, 2.05) is 43.3 Å². The first-order chi connectivity index (χ1) is 18.8. The third-order valence-corrected chi connectivity index (χ3v) is 8.06. The molecule has 2 heterocycles. The van der Waals surface area contributed by atoms with Gasteiger partial charge in [-0.3, -0.25) is 4.79 Å². The van der Waals surface area contributed by atoms with Gasteiger partial charge in [0.2, 0.25) is 15.9 Å². The van der Waals surface area contributed by atoms with Crippen molar-refractivity contribution in [1.29, 1.82) is 0 Å². The monoisotopic (exact) mass is 563 g/mol. The molecule has 0 fully saturated rings. The van der Waals surface area contributed by atoms with Crippen molar-refractivity contribution in [1.82, 2.24) is 14.7 Å². The zero-order chi connectivity index (χ0) is 27.4. The number of hydrogen-bond donors (Lipinski definition) is 3. The van der Waals surface area contributed by atoms with Gasteiger partial charge < -0.3 is 19.8 Å². The van der Waals surface area contributed by atoms with Crippen molar-refractivity contribution in [3.63, 3.8) is 0 Å². The van der Waals surface area contributed by atoms with Crippen molar-refractivity contribution in [3.8, 4) is 17.0 Å². The number of hydrogen-bond acceptors (Lipinski definition) is 9. The summed E-state index contributed by atoms with van der Waals surface area (Å²) in [5.41, 5.74) is 3.63. The van der Waals surface area contributed by atoms with Gasteiger partial charge in [-0.15, -0.1) is 11.3 Å². The zero-order valence-electron chi connectivity index (χ0n) is 21.0. The van der Waals surface area contributed by atoms with Crippen molar-refractivity contribution in [3.05, 3.63) is 83.7 Å². The minimum Gasteiger partial charge on any atom is -0.497 e. The first kappa shape index (κ1) is 26.4. The van der Waals surface area contributed by atoms with E-state index in [4.69, 9.17) is 9.15 Å². The first-order valence-electron chi connectivity index (χ1n) is 11.9. The summed E-state index contributed by atoms with van der Waals surface area (Å²) in [6.45, 7) is 1.74. The Bertz CT molecular complexity index is 1660. The molecule has 200 valence electrons. The minimum atomic E-state index is -4.02. The third kappa shape index (κ3) is 6.25. The smallest absolute Gasteiger partial charge is 0.295 e. The number of aromatic nitrogens is 2. The van der Waals surface area contributed by atoms with Crippen molar-refractivity contribution in [2.24, 2.45) is 0 Å². The number of ether oxygens (including phenoxy) is 1. The third-order valence-electron chi connectivity index (χ3n) is 5.82. The molecular weight excluding hydrogens is 538 g/mol. The van der Waals surface area contributed by atoms with E-state index in [0.29, 0.717) is 21.9 Å². The quantitative estimate of drug-likeness (QED) is 0.223. The lowest BCUT2D eigenvalue weighted by molar-refractivity contribution is -0.117. The van der Waals surface area contributed by atoms with E-state index in [0.717, 1.165) is 16.9 Å². The molecule has 12 heteroatoms. The van der Waals surface area contributed by atoms with E-state index in [1.54, 1.807) is 36.8 Å². The van der Waals surface area contributed by atoms with E-state index in [2.05, 4.69) is 25.3 Å². The summed E-state index contributed by atoms with van der Waals surface area (Å²) in [6, 6.07) is 19.9. The van der Waals surface area contributed by atoms with Crippen LogP contribution >= 0.6 is 11.3 Å². The number of nitrogens with one attached hydrogen (secondary N) is 3. The maximum Gasteiger partial charge on any atom is 0.295 e. The Balaban J connectivity index is 1.35. The van der Waals surface area contributed by atoms with Crippen molar-refractivity contribution >= 4 is 49.5 Å². The van der Waals surface area contributed by atoms with Crippen LogP contribution < -0.4 is 20.1 Å². The fourth-order valence-corrected chi connectivity index (χ4v) is 5.63. The van der Waals surface area contributed by atoms with Crippen LogP contribution in [0.5, 0.6) is 5.75 Å². The molecule has 0 bridgehead atoms. The number of amides is 1. The highest BCUT2D eigenvalue weighted by Crippen LogP contribution is 2.27. The zero-order valence-corrected chi connectivity index (χ0v) is 22.7. The number of rotatable bonds is 10. The Kier molecular flexibility index (Phi) is 7.59. The van der Waals surface area contributed by atoms with Crippen LogP contribution in [0.4, 0.5) is 11.1 Å². The molecule has 3 N–H and O–H groups in total. The number of benzene rings is 3. The lowest BCUT2D eigenvalue weighted by Gasteiger charge is -2.18. The fraction of sp³-hybridized carbons (Fsp3) is 0.148. The second-order valence-corrected chi connectivity index (χ2v) is 11.2. The summed E-state index contributed by atoms with van der Waals surface area (Å²) in [6.07, 6.45) is 0. The van der Waals surface area contributed by atoms with E-state index in [9.17, 15) is 13.2 Å². The number of methoxy groups -OCH3 is 1. The maximum atomic E-state index is 13.3. The van der Waals surface area contributed by atoms with Gasteiger partial charge >= 0.3 is 0 Å². The highest BCUT2D eigenvalue weighted by Gasteiger charge is 2.27. The molecule has 0 unspecified atom stereocenters. The van der Waals surface area contributed by atoms with Crippen molar-refractivity contribution < 1.29 is 22.4 Å². The summed E-state index contributed by atoms with van der Waals surface area (Å²) in [5.74, 6) is 0.127. The van der Waals surface area contributed by atoms with Crippen LogP contribution in [-0.4, -0.2) is 44.0 Å². The second-order valence-electron chi connectivity index (χ2n) is 8.61. The van der Waals surface area contributed by atoms with Crippen LogP contribution in [0.25, 0.3) is 22.4 Å². The van der Waals surface area contributed by atoms with Gasteiger partial charge in [-0.2, -0.15) is 9.71 Å². The lowest BCUT2D eigenvalue weighted by Crippen LogP contribution is -2.47. The number of para-hydroxylation sites is 2. The van der Waals surface area contributed by atoms with Gasteiger partial charge in [0.1, 0.15) is 17.3 Å². The molecule has 3 aromatic carbocycles. The van der Waals surface area contributed by atoms with Gasteiger partial charge in [-0.25, -0.2) is 13.4 Å². The highest BCUT2D eigenvalue weighted by molar-refractivity contribution is 7.89. The number of aryl methyl sites for hydroxylation is 1. The maximum absolute atomic E-state index is 13.3. The van der Waals surface area contributed by atoms with Crippen LogP contribution in [0.15, 0.2) is 87.5 Å². The number of fused-ring (bicyclic) bond motifs is 1. The predicted molar refractivity (Wildman–Crippen MR) is 151 cm³/mol. The molecule has 39 heavy (non-hydrogen) atoms. The molecule has 5 aromatic rings. The normalized spacial score (nSPS) is 12.3. The van der Waals surface area contributed by atoms with Gasteiger partial charge in [-0.05, 0) is 55.5 Å². The number of carbonyl (C=O) groups excluding carboxylic acids is 1. The number of nitrogens with zero attached hydrogens (tertiary/aromatic N) is 2. The second kappa shape index (κ2) is 11.2. The summed E-state index contributed by atoms with van der Waals surface area (Å²) < 4.78 is 39.6. The molecule has 5 rings (SSSR count). The molecule has 0 aliphatic rings. The van der Waals surface area contributed by atoms with E-state index in [-0.39, 0.29) is 17.5 Å². The molecule has 0 spiro atoms. The SMILES string of the molecule is COc1ccc(-c2csc(NC(=O)[C@H](CNc3nc4ccccc4o3)NS(=O)(=O)c3ccc(C)cc3)n2)cc1. The number of thiazole rings is 1. The Morgan fingerprint density at radius 1 is 1.03 bits per heavy atom. The molecule has 1 amide bonds. The minimum absolute atomic E-state index is 0.0452. The summed E-state index contributed by atoms with van der Waals surface area (Å²) in [7, 11) is -2.43. The van der Waals surface area contributed by atoms with Gasteiger partial charge in [0, 0.05) is 17.5 Å². The van der Waals surface area contributed by atoms with Crippen LogP contribution in [-0.2, 0) is 14.8 Å². The molecular formula is C27H25N5O5S2.